The normalized spacial score (nSPS) is 19.1. The summed E-state index contributed by atoms with van der Waals surface area (Å²) in [6, 6.07) is 7.19. The Labute approximate surface area is 178 Å². The molecule has 3 aromatic rings. The van der Waals surface area contributed by atoms with E-state index in [1.54, 1.807) is 23.6 Å². The number of aryl methyl sites for hydroxylation is 1. The van der Waals surface area contributed by atoms with Crippen LogP contribution in [0.15, 0.2) is 29.1 Å². The number of phenolic OH excluding ortho intramolecular Hbond substituents is 1. The molecule has 7 nitrogen and oxygen atoms in total. The molecule has 0 saturated heterocycles. The molecule has 0 radical (unpaired) electrons. The van der Waals surface area contributed by atoms with E-state index < -0.39 is 11.6 Å². The van der Waals surface area contributed by atoms with Crippen molar-refractivity contribution in [3.05, 3.63) is 56.9 Å². The number of phenols is 1. The number of nitrogens with zero attached hydrogens (tertiary/aromatic N) is 2. The van der Waals surface area contributed by atoms with E-state index in [0.29, 0.717) is 34.4 Å². The highest BCUT2D eigenvalue weighted by Gasteiger charge is 2.45. The number of unbranched alkanes of at least 4 members (excludes halogenated alkanes) is 1. The quantitative estimate of drug-likeness (QED) is 0.492. The van der Waals surface area contributed by atoms with Crippen LogP contribution in [0.5, 0.6) is 5.75 Å². The average Bonchev–Trinajstić information content (AvgIpc) is 3.13. The number of esters is 1. The summed E-state index contributed by atoms with van der Waals surface area (Å²) in [4.78, 5) is 30.4. The number of pyridine rings is 2. The van der Waals surface area contributed by atoms with Gasteiger partial charge in [-0.1, -0.05) is 26.3 Å². The first kappa shape index (κ1) is 19.8. The number of carbonyl (C=O) groups excluding carboxylic acids is 1. The molecular weight excluding hydrogens is 396 g/mol. The van der Waals surface area contributed by atoms with Gasteiger partial charge in [0.15, 0.2) is 5.60 Å². The van der Waals surface area contributed by atoms with E-state index in [4.69, 9.17) is 9.72 Å². The number of rotatable bonds is 4. The maximum absolute atomic E-state index is 13.2. The van der Waals surface area contributed by atoms with Crippen molar-refractivity contribution in [1.82, 2.24) is 9.55 Å². The number of aromatic hydroxyl groups is 1. The maximum atomic E-state index is 13.2. The molecule has 7 heteroatoms. The van der Waals surface area contributed by atoms with Crippen molar-refractivity contribution in [2.45, 2.75) is 58.3 Å². The van der Waals surface area contributed by atoms with E-state index in [2.05, 4.69) is 6.92 Å². The van der Waals surface area contributed by atoms with E-state index in [1.807, 2.05) is 12.1 Å². The van der Waals surface area contributed by atoms with Crippen molar-refractivity contribution >= 4 is 16.9 Å². The summed E-state index contributed by atoms with van der Waals surface area (Å²) in [5.74, 6) is -0.573. The van der Waals surface area contributed by atoms with Gasteiger partial charge in [-0.25, -0.2) is 9.78 Å². The van der Waals surface area contributed by atoms with Crippen LogP contribution >= 0.6 is 0 Å². The fraction of sp³-hybridized carbons (Fsp3) is 0.375. The lowest BCUT2D eigenvalue weighted by Gasteiger charge is -2.31. The molecule has 0 unspecified atom stereocenters. The zero-order chi connectivity index (χ0) is 21.9. The summed E-state index contributed by atoms with van der Waals surface area (Å²) >= 11 is 0. The zero-order valence-corrected chi connectivity index (χ0v) is 17.6. The smallest absolute Gasteiger partial charge is 0.343 e. The monoisotopic (exact) mass is 420 g/mol. The predicted octanol–water partition coefficient (Wildman–Crippen LogP) is 3.13. The largest absolute Gasteiger partial charge is 0.507 e. The average molecular weight is 420 g/mol. The van der Waals surface area contributed by atoms with Crippen LogP contribution in [0.1, 0.15) is 55.4 Å². The Morgan fingerprint density at radius 1 is 1.23 bits per heavy atom. The first-order chi connectivity index (χ1) is 14.9. The molecule has 2 N–H and O–H groups in total. The van der Waals surface area contributed by atoms with Crippen molar-refractivity contribution < 1.29 is 19.7 Å². The first-order valence-corrected chi connectivity index (χ1v) is 10.7. The van der Waals surface area contributed by atoms with Crippen LogP contribution in [0, 0.1) is 0 Å². The number of ether oxygens (including phenoxy) is 1. The lowest BCUT2D eigenvalue weighted by Crippen LogP contribution is -2.44. The Bertz CT molecular complexity index is 1310. The summed E-state index contributed by atoms with van der Waals surface area (Å²) in [5.41, 5.74) is 2.29. The van der Waals surface area contributed by atoms with Crippen LogP contribution < -0.4 is 5.56 Å². The second-order valence-corrected chi connectivity index (χ2v) is 8.34. The summed E-state index contributed by atoms with van der Waals surface area (Å²) in [7, 11) is 0. The molecule has 2 aromatic heterocycles. The van der Waals surface area contributed by atoms with Gasteiger partial charge in [0.2, 0.25) is 0 Å². The van der Waals surface area contributed by atoms with Crippen LogP contribution in [-0.4, -0.2) is 25.7 Å². The predicted molar refractivity (Wildman–Crippen MR) is 115 cm³/mol. The van der Waals surface area contributed by atoms with Crippen molar-refractivity contribution in [2.24, 2.45) is 0 Å². The molecule has 2 aliphatic heterocycles. The van der Waals surface area contributed by atoms with Crippen molar-refractivity contribution in [3.8, 4) is 17.1 Å². The first-order valence-electron chi connectivity index (χ1n) is 10.7. The lowest BCUT2D eigenvalue weighted by atomic mass is 9.86. The van der Waals surface area contributed by atoms with E-state index in [9.17, 15) is 19.8 Å². The Balaban J connectivity index is 1.76. The van der Waals surface area contributed by atoms with Gasteiger partial charge in [0.05, 0.1) is 29.0 Å². The third kappa shape index (κ3) is 2.73. The van der Waals surface area contributed by atoms with E-state index in [1.165, 1.54) is 0 Å². The van der Waals surface area contributed by atoms with Crippen LogP contribution in [0.3, 0.4) is 0 Å². The molecule has 5 rings (SSSR count). The number of cyclic esters (lactones) is 1. The molecular formula is C24H24N2O5. The summed E-state index contributed by atoms with van der Waals surface area (Å²) < 4.78 is 6.71. The standard InChI is InChI=1S/C24H24N2O5/c1-3-5-6-13-7-8-19(27)15-9-14-11-26-18(21(14)25-20(13)15)10-17-16(22(26)28)12-31-23(29)24(17,30)4-2/h7-10,27,30H,3-6,11-12H2,1-2H3/t24-/m0/s1. The molecule has 0 aliphatic carbocycles. The highest BCUT2D eigenvalue weighted by atomic mass is 16.6. The fourth-order valence-corrected chi connectivity index (χ4v) is 4.68. The molecule has 0 spiro atoms. The maximum Gasteiger partial charge on any atom is 0.343 e. The Morgan fingerprint density at radius 3 is 2.77 bits per heavy atom. The van der Waals surface area contributed by atoms with E-state index >= 15 is 0 Å². The minimum Gasteiger partial charge on any atom is -0.507 e. The SMILES string of the molecule is CCCCc1ccc(O)c2cc3c(nc12)-c1cc2c(c(=O)n1C3)COC(=O)[C@]2(O)CC. The van der Waals surface area contributed by atoms with Crippen LogP contribution in [0.25, 0.3) is 22.3 Å². The van der Waals surface area contributed by atoms with Gasteiger partial charge in [-0.05, 0) is 43.0 Å². The molecule has 0 amide bonds. The number of fused-ring (bicyclic) bond motifs is 5. The number of carbonyl (C=O) groups is 1. The zero-order valence-electron chi connectivity index (χ0n) is 17.6. The summed E-state index contributed by atoms with van der Waals surface area (Å²) in [6.07, 6.45) is 3.00. The van der Waals surface area contributed by atoms with Gasteiger partial charge in [-0.15, -0.1) is 0 Å². The summed E-state index contributed by atoms with van der Waals surface area (Å²) in [6.45, 7) is 3.98. The van der Waals surface area contributed by atoms with Crippen molar-refractivity contribution in [1.29, 1.82) is 0 Å². The molecule has 1 aromatic carbocycles. The molecule has 2 aliphatic rings. The Kier molecular flexibility index (Phi) is 4.41. The van der Waals surface area contributed by atoms with Crippen LogP contribution in [0.2, 0.25) is 0 Å². The Hall–Kier alpha value is -3.19. The van der Waals surface area contributed by atoms with Gasteiger partial charge < -0.3 is 19.5 Å². The number of hydrogen-bond donors (Lipinski definition) is 2. The van der Waals surface area contributed by atoms with Gasteiger partial charge in [0.25, 0.3) is 5.56 Å². The molecule has 1 atom stereocenters. The highest BCUT2D eigenvalue weighted by molar-refractivity contribution is 5.91. The van der Waals surface area contributed by atoms with E-state index in [-0.39, 0.29) is 24.3 Å². The van der Waals surface area contributed by atoms with Gasteiger partial charge in [0, 0.05) is 16.5 Å². The molecule has 0 saturated carbocycles. The lowest BCUT2D eigenvalue weighted by molar-refractivity contribution is -0.172. The number of aliphatic hydroxyl groups is 1. The fourth-order valence-electron chi connectivity index (χ4n) is 4.68. The van der Waals surface area contributed by atoms with Gasteiger partial charge in [0.1, 0.15) is 12.4 Å². The topological polar surface area (TPSA) is 102 Å². The molecule has 31 heavy (non-hydrogen) atoms. The van der Waals surface area contributed by atoms with Gasteiger partial charge >= 0.3 is 5.97 Å². The number of hydrogen-bond acceptors (Lipinski definition) is 6. The third-order valence-corrected chi connectivity index (χ3v) is 6.54. The second kappa shape index (κ2) is 6.92. The molecule has 4 heterocycles. The minimum absolute atomic E-state index is 0.106. The molecule has 0 bridgehead atoms. The van der Waals surface area contributed by atoms with Gasteiger partial charge in [-0.3, -0.25) is 4.79 Å². The number of aromatic nitrogens is 2. The third-order valence-electron chi connectivity index (χ3n) is 6.54. The number of benzene rings is 1. The van der Waals surface area contributed by atoms with E-state index in [0.717, 1.165) is 35.9 Å². The minimum atomic E-state index is -1.84. The summed E-state index contributed by atoms with van der Waals surface area (Å²) in [5, 5.41) is 22.1. The molecule has 0 fully saturated rings. The van der Waals surface area contributed by atoms with Crippen LogP contribution in [0.4, 0.5) is 0 Å². The molecule has 160 valence electrons. The second-order valence-electron chi connectivity index (χ2n) is 8.34. The van der Waals surface area contributed by atoms with Crippen molar-refractivity contribution in [3.63, 3.8) is 0 Å². The van der Waals surface area contributed by atoms with Crippen molar-refractivity contribution in [2.75, 3.05) is 0 Å². The Morgan fingerprint density at radius 2 is 2.03 bits per heavy atom. The highest BCUT2D eigenvalue weighted by Crippen LogP contribution is 2.40. The van der Waals surface area contributed by atoms with Crippen LogP contribution in [-0.2, 0) is 34.7 Å². The van der Waals surface area contributed by atoms with Gasteiger partial charge in [-0.2, -0.15) is 0 Å².